The Bertz CT molecular complexity index is 885. The molecule has 25 heavy (non-hydrogen) atoms. The van der Waals surface area contributed by atoms with Gasteiger partial charge in [0.1, 0.15) is 12.1 Å². The summed E-state index contributed by atoms with van der Waals surface area (Å²) in [6.45, 7) is 5.36. The molecule has 0 fully saturated rings. The zero-order valence-electron chi connectivity index (χ0n) is 14.5. The molecule has 3 rings (SSSR count). The lowest BCUT2D eigenvalue weighted by Crippen LogP contribution is -2.45. The highest BCUT2D eigenvalue weighted by molar-refractivity contribution is 6.08. The summed E-state index contributed by atoms with van der Waals surface area (Å²) >= 11 is 0. The highest BCUT2D eigenvalue weighted by Gasteiger charge is 2.17. The lowest BCUT2D eigenvalue weighted by atomic mass is 10.2. The minimum Gasteiger partial charge on any atom is -0.443 e. The number of hydrogen-bond acceptors (Lipinski definition) is 3. The van der Waals surface area contributed by atoms with Crippen LogP contribution in [0.2, 0.25) is 0 Å². The van der Waals surface area contributed by atoms with Crippen LogP contribution in [0.25, 0.3) is 21.8 Å². The van der Waals surface area contributed by atoms with Crippen LogP contribution < -0.4 is 10.9 Å². The molecule has 0 aliphatic rings. The zero-order valence-corrected chi connectivity index (χ0v) is 14.5. The standard InChI is InChI=1S/C19H21N3O3/c1-19(2,3)25-18(24)21-20-17(23)12-22-15-10-6-4-8-13(15)14-9-5-7-11-16(14)22/h4-11H,12H2,1-3H3,(H,20,23)(H,21,24). The average Bonchev–Trinajstić information content (AvgIpc) is 2.86. The molecule has 2 N–H and O–H groups in total. The number of aromatic nitrogens is 1. The number of nitrogens with one attached hydrogen (secondary N) is 2. The molecule has 2 aromatic carbocycles. The molecule has 1 heterocycles. The van der Waals surface area contributed by atoms with Crippen LogP contribution in [0.1, 0.15) is 20.8 Å². The molecule has 3 aromatic rings. The van der Waals surface area contributed by atoms with Gasteiger partial charge in [-0.1, -0.05) is 36.4 Å². The number of rotatable bonds is 2. The van der Waals surface area contributed by atoms with Crippen molar-refractivity contribution in [1.82, 2.24) is 15.4 Å². The normalized spacial score (nSPS) is 11.5. The molecule has 0 saturated heterocycles. The fourth-order valence-electron chi connectivity index (χ4n) is 2.78. The van der Waals surface area contributed by atoms with E-state index in [4.69, 9.17) is 4.74 Å². The predicted octanol–water partition coefficient (Wildman–Crippen LogP) is 3.35. The Kier molecular flexibility index (Phi) is 4.35. The molecule has 0 aliphatic heterocycles. The molecule has 6 nitrogen and oxygen atoms in total. The fourth-order valence-corrected chi connectivity index (χ4v) is 2.78. The summed E-state index contributed by atoms with van der Waals surface area (Å²) in [7, 11) is 0. The van der Waals surface area contributed by atoms with Gasteiger partial charge in [0.25, 0.3) is 5.91 Å². The molecular weight excluding hydrogens is 318 g/mol. The molecular formula is C19H21N3O3. The maximum absolute atomic E-state index is 12.3. The molecule has 0 atom stereocenters. The third kappa shape index (κ3) is 3.74. The molecule has 1 aromatic heterocycles. The van der Waals surface area contributed by atoms with E-state index in [0.717, 1.165) is 21.8 Å². The van der Waals surface area contributed by atoms with E-state index in [9.17, 15) is 9.59 Å². The van der Waals surface area contributed by atoms with Crippen molar-refractivity contribution in [3.05, 3.63) is 48.5 Å². The number of carbonyl (C=O) groups excluding carboxylic acids is 2. The Labute approximate surface area is 145 Å². The van der Waals surface area contributed by atoms with Gasteiger partial charge in [0.15, 0.2) is 0 Å². The van der Waals surface area contributed by atoms with Crippen molar-refractivity contribution in [2.45, 2.75) is 32.9 Å². The van der Waals surface area contributed by atoms with E-state index >= 15 is 0 Å². The van der Waals surface area contributed by atoms with Crippen LogP contribution in [0.3, 0.4) is 0 Å². The topological polar surface area (TPSA) is 72.4 Å². The summed E-state index contributed by atoms with van der Waals surface area (Å²) in [6, 6.07) is 15.8. The van der Waals surface area contributed by atoms with Gasteiger partial charge in [-0.05, 0) is 32.9 Å². The number of hydrogen-bond donors (Lipinski definition) is 2. The number of ether oxygens (including phenoxy) is 1. The van der Waals surface area contributed by atoms with Gasteiger partial charge in [-0.25, -0.2) is 10.2 Å². The largest absolute Gasteiger partial charge is 0.443 e. The number of amides is 2. The van der Waals surface area contributed by atoms with Crippen molar-refractivity contribution in [3.8, 4) is 0 Å². The first-order valence-electron chi connectivity index (χ1n) is 8.09. The maximum atomic E-state index is 12.3. The first-order valence-corrected chi connectivity index (χ1v) is 8.09. The number of hydrazine groups is 1. The van der Waals surface area contributed by atoms with Gasteiger partial charge < -0.3 is 9.30 Å². The van der Waals surface area contributed by atoms with Crippen molar-refractivity contribution < 1.29 is 14.3 Å². The van der Waals surface area contributed by atoms with Gasteiger partial charge in [-0.15, -0.1) is 0 Å². The summed E-state index contributed by atoms with van der Waals surface area (Å²) in [5.74, 6) is -0.336. The van der Waals surface area contributed by atoms with Crippen molar-refractivity contribution in [3.63, 3.8) is 0 Å². The Morgan fingerprint density at radius 2 is 1.44 bits per heavy atom. The van der Waals surface area contributed by atoms with Crippen LogP contribution in [0.5, 0.6) is 0 Å². The summed E-state index contributed by atoms with van der Waals surface area (Å²) in [4.78, 5) is 23.9. The Balaban J connectivity index is 1.78. The first-order chi connectivity index (χ1) is 11.8. The molecule has 0 bridgehead atoms. The average molecular weight is 339 g/mol. The summed E-state index contributed by atoms with van der Waals surface area (Å²) < 4.78 is 7.02. The highest BCUT2D eigenvalue weighted by Crippen LogP contribution is 2.28. The van der Waals surface area contributed by atoms with Crippen LogP contribution in [-0.4, -0.2) is 22.2 Å². The van der Waals surface area contributed by atoms with Gasteiger partial charge in [-0.2, -0.15) is 0 Å². The van der Waals surface area contributed by atoms with E-state index < -0.39 is 11.7 Å². The minimum absolute atomic E-state index is 0.0871. The van der Waals surface area contributed by atoms with Crippen molar-refractivity contribution >= 4 is 33.8 Å². The SMILES string of the molecule is CC(C)(C)OC(=O)NNC(=O)Cn1c2ccccc2c2ccccc21. The molecule has 0 spiro atoms. The first kappa shape index (κ1) is 16.8. The lowest BCUT2D eigenvalue weighted by Gasteiger charge is -2.19. The third-order valence-electron chi connectivity index (χ3n) is 3.68. The van der Waals surface area contributed by atoms with Crippen LogP contribution in [-0.2, 0) is 16.1 Å². The van der Waals surface area contributed by atoms with Gasteiger partial charge in [-0.3, -0.25) is 10.2 Å². The summed E-state index contributed by atoms with van der Waals surface area (Å²) in [6.07, 6.45) is -0.692. The van der Waals surface area contributed by atoms with E-state index in [1.165, 1.54) is 0 Å². The Hall–Kier alpha value is -3.02. The van der Waals surface area contributed by atoms with Crippen molar-refractivity contribution in [2.24, 2.45) is 0 Å². The summed E-state index contributed by atoms with van der Waals surface area (Å²) in [5, 5.41) is 2.18. The molecule has 0 saturated carbocycles. The molecule has 2 amide bonds. The van der Waals surface area contributed by atoms with Gasteiger partial charge in [0.2, 0.25) is 0 Å². The number of para-hydroxylation sites is 2. The van der Waals surface area contributed by atoms with E-state index in [0.29, 0.717) is 0 Å². The maximum Gasteiger partial charge on any atom is 0.426 e. The molecule has 0 radical (unpaired) electrons. The molecule has 6 heteroatoms. The number of fused-ring (bicyclic) bond motifs is 3. The predicted molar refractivity (Wildman–Crippen MR) is 97.0 cm³/mol. The Morgan fingerprint density at radius 1 is 0.920 bits per heavy atom. The van der Waals surface area contributed by atoms with Crippen LogP contribution in [0, 0.1) is 0 Å². The summed E-state index contributed by atoms with van der Waals surface area (Å²) in [5.41, 5.74) is 5.98. The number of nitrogens with zero attached hydrogens (tertiary/aromatic N) is 1. The van der Waals surface area contributed by atoms with E-state index in [-0.39, 0.29) is 12.5 Å². The van der Waals surface area contributed by atoms with Crippen LogP contribution in [0.15, 0.2) is 48.5 Å². The van der Waals surface area contributed by atoms with E-state index in [2.05, 4.69) is 10.9 Å². The van der Waals surface area contributed by atoms with Crippen LogP contribution >= 0.6 is 0 Å². The second-order valence-electron chi connectivity index (χ2n) is 6.80. The molecule has 130 valence electrons. The smallest absolute Gasteiger partial charge is 0.426 e. The lowest BCUT2D eigenvalue weighted by molar-refractivity contribution is -0.122. The van der Waals surface area contributed by atoms with Crippen molar-refractivity contribution in [2.75, 3.05) is 0 Å². The molecule has 0 unspecified atom stereocenters. The van der Waals surface area contributed by atoms with Gasteiger partial charge >= 0.3 is 6.09 Å². The van der Waals surface area contributed by atoms with Crippen LogP contribution in [0.4, 0.5) is 4.79 Å². The molecule has 0 aliphatic carbocycles. The monoisotopic (exact) mass is 339 g/mol. The second kappa shape index (κ2) is 6.47. The highest BCUT2D eigenvalue weighted by atomic mass is 16.6. The minimum atomic E-state index is -0.692. The fraction of sp³-hybridized carbons (Fsp3) is 0.263. The van der Waals surface area contributed by atoms with Crippen molar-refractivity contribution in [1.29, 1.82) is 0 Å². The van der Waals surface area contributed by atoms with Gasteiger partial charge in [0, 0.05) is 21.8 Å². The number of carbonyl (C=O) groups is 2. The van der Waals surface area contributed by atoms with Gasteiger partial charge in [0.05, 0.1) is 0 Å². The third-order valence-corrected chi connectivity index (χ3v) is 3.68. The Morgan fingerprint density at radius 3 is 1.96 bits per heavy atom. The number of benzene rings is 2. The quantitative estimate of drug-likeness (QED) is 0.703. The van der Waals surface area contributed by atoms with E-state index in [1.807, 2.05) is 53.1 Å². The second-order valence-corrected chi connectivity index (χ2v) is 6.80. The van der Waals surface area contributed by atoms with E-state index in [1.54, 1.807) is 20.8 Å². The zero-order chi connectivity index (χ0) is 18.0.